The molecule has 2 aliphatic heterocycles. The fraction of sp³-hybridized carbons (Fsp3) is 0.929. The standard InChI is InChI=1S/C14H26N2O3/c1-11(19-10-13-4-3-9-18-13)14(17)16(2)12-5-7-15-8-6-12/h11-13,15H,3-10H2,1-2H3. The van der Waals surface area contributed by atoms with Crippen LogP contribution >= 0.6 is 0 Å². The van der Waals surface area contributed by atoms with Gasteiger partial charge < -0.3 is 19.7 Å². The zero-order valence-electron chi connectivity index (χ0n) is 12.1. The Morgan fingerprint density at radius 1 is 1.42 bits per heavy atom. The van der Waals surface area contributed by atoms with Crippen molar-refractivity contribution in [2.45, 2.75) is 50.9 Å². The molecule has 2 aliphatic rings. The van der Waals surface area contributed by atoms with E-state index in [0.717, 1.165) is 45.4 Å². The van der Waals surface area contributed by atoms with Crippen molar-refractivity contribution >= 4 is 5.91 Å². The smallest absolute Gasteiger partial charge is 0.251 e. The quantitative estimate of drug-likeness (QED) is 0.802. The minimum atomic E-state index is -0.371. The highest BCUT2D eigenvalue weighted by Crippen LogP contribution is 2.15. The number of nitrogens with zero attached hydrogens (tertiary/aromatic N) is 1. The van der Waals surface area contributed by atoms with Gasteiger partial charge in [-0.2, -0.15) is 0 Å². The number of rotatable bonds is 5. The summed E-state index contributed by atoms with van der Waals surface area (Å²) in [4.78, 5) is 14.1. The van der Waals surface area contributed by atoms with Crippen LogP contribution in [0.2, 0.25) is 0 Å². The van der Waals surface area contributed by atoms with Gasteiger partial charge in [0.05, 0.1) is 12.7 Å². The number of amides is 1. The number of carbonyl (C=O) groups excluding carboxylic acids is 1. The maximum atomic E-state index is 12.3. The van der Waals surface area contributed by atoms with E-state index in [4.69, 9.17) is 9.47 Å². The summed E-state index contributed by atoms with van der Waals surface area (Å²) in [5.41, 5.74) is 0. The molecular weight excluding hydrogens is 244 g/mol. The third-order valence-corrected chi connectivity index (χ3v) is 4.11. The second kappa shape index (κ2) is 7.22. The number of carbonyl (C=O) groups is 1. The Balaban J connectivity index is 1.73. The van der Waals surface area contributed by atoms with Gasteiger partial charge >= 0.3 is 0 Å². The Bertz CT molecular complexity index is 286. The highest BCUT2D eigenvalue weighted by Gasteiger charge is 2.27. The molecule has 1 N–H and O–H groups in total. The van der Waals surface area contributed by atoms with E-state index in [-0.39, 0.29) is 18.1 Å². The first-order valence-corrected chi connectivity index (χ1v) is 7.39. The van der Waals surface area contributed by atoms with Gasteiger partial charge in [0.2, 0.25) is 0 Å². The largest absolute Gasteiger partial charge is 0.376 e. The fourth-order valence-electron chi connectivity index (χ4n) is 2.76. The summed E-state index contributed by atoms with van der Waals surface area (Å²) in [6.45, 7) is 5.19. The van der Waals surface area contributed by atoms with Gasteiger partial charge in [0.25, 0.3) is 5.91 Å². The molecule has 2 fully saturated rings. The van der Waals surface area contributed by atoms with Gasteiger partial charge in [0, 0.05) is 19.7 Å². The van der Waals surface area contributed by atoms with E-state index < -0.39 is 0 Å². The molecule has 19 heavy (non-hydrogen) atoms. The predicted octanol–water partition coefficient (Wildman–Crippen LogP) is 0.781. The minimum absolute atomic E-state index is 0.0879. The van der Waals surface area contributed by atoms with Crippen LogP contribution in [-0.4, -0.2) is 62.4 Å². The van der Waals surface area contributed by atoms with Gasteiger partial charge in [0.15, 0.2) is 0 Å². The summed E-state index contributed by atoms with van der Waals surface area (Å²) in [6, 6.07) is 0.350. The van der Waals surface area contributed by atoms with Crippen LogP contribution in [0.1, 0.15) is 32.6 Å². The molecule has 0 bridgehead atoms. The lowest BCUT2D eigenvalue weighted by Gasteiger charge is -2.33. The average molecular weight is 270 g/mol. The molecule has 2 saturated heterocycles. The summed E-state index contributed by atoms with van der Waals surface area (Å²) in [5, 5.41) is 3.31. The van der Waals surface area contributed by atoms with Crippen LogP contribution in [0.4, 0.5) is 0 Å². The number of piperidine rings is 1. The molecule has 0 aromatic heterocycles. The minimum Gasteiger partial charge on any atom is -0.376 e. The van der Waals surface area contributed by atoms with Crippen LogP contribution in [0, 0.1) is 0 Å². The van der Waals surface area contributed by atoms with Crippen LogP contribution in [-0.2, 0) is 14.3 Å². The molecule has 2 rings (SSSR count). The van der Waals surface area contributed by atoms with Gasteiger partial charge in [0.1, 0.15) is 6.10 Å². The number of hydrogen-bond acceptors (Lipinski definition) is 4. The molecule has 0 aromatic carbocycles. The van der Waals surface area contributed by atoms with Crippen molar-refractivity contribution in [2.24, 2.45) is 0 Å². The Hall–Kier alpha value is -0.650. The van der Waals surface area contributed by atoms with Crippen molar-refractivity contribution in [2.75, 3.05) is 33.4 Å². The lowest BCUT2D eigenvalue weighted by atomic mass is 10.0. The number of hydrogen-bond donors (Lipinski definition) is 1. The van der Waals surface area contributed by atoms with Crippen LogP contribution < -0.4 is 5.32 Å². The van der Waals surface area contributed by atoms with E-state index in [1.807, 2.05) is 18.9 Å². The van der Waals surface area contributed by atoms with Gasteiger partial charge in [-0.3, -0.25) is 4.79 Å². The van der Waals surface area contributed by atoms with Crippen molar-refractivity contribution in [3.63, 3.8) is 0 Å². The molecule has 0 spiro atoms. The van der Waals surface area contributed by atoms with Crippen molar-refractivity contribution in [3.05, 3.63) is 0 Å². The van der Waals surface area contributed by atoms with E-state index in [0.29, 0.717) is 12.6 Å². The van der Waals surface area contributed by atoms with Crippen molar-refractivity contribution < 1.29 is 14.3 Å². The zero-order chi connectivity index (χ0) is 13.7. The van der Waals surface area contributed by atoms with Crippen LogP contribution in [0.15, 0.2) is 0 Å². The molecular formula is C14H26N2O3. The Morgan fingerprint density at radius 3 is 2.79 bits per heavy atom. The molecule has 5 nitrogen and oxygen atoms in total. The molecule has 0 saturated carbocycles. The molecule has 110 valence electrons. The van der Waals surface area contributed by atoms with Crippen LogP contribution in [0.25, 0.3) is 0 Å². The first-order chi connectivity index (χ1) is 9.18. The third kappa shape index (κ3) is 4.16. The highest BCUT2D eigenvalue weighted by molar-refractivity contribution is 5.80. The summed E-state index contributed by atoms with van der Waals surface area (Å²) in [5.74, 6) is 0.0879. The first kappa shape index (κ1) is 14.8. The third-order valence-electron chi connectivity index (χ3n) is 4.11. The number of nitrogens with one attached hydrogen (secondary N) is 1. The van der Waals surface area contributed by atoms with Crippen LogP contribution in [0.3, 0.4) is 0 Å². The first-order valence-electron chi connectivity index (χ1n) is 7.39. The molecule has 0 radical (unpaired) electrons. The predicted molar refractivity (Wildman–Crippen MR) is 73.0 cm³/mol. The molecule has 1 amide bonds. The summed E-state index contributed by atoms with van der Waals surface area (Å²) < 4.78 is 11.2. The SMILES string of the molecule is CC(OCC1CCCO1)C(=O)N(C)C1CCNCC1. The maximum absolute atomic E-state index is 12.3. The van der Waals surface area contributed by atoms with Gasteiger partial charge in [-0.05, 0) is 45.7 Å². The van der Waals surface area contributed by atoms with Crippen molar-refractivity contribution in [1.82, 2.24) is 10.2 Å². The molecule has 0 aromatic rings. The molecule has 2 unspecified atom stereocenters. The second-order valence-corrected chi connectivity index (χ2v) is 5.54. The van der Waals surface area contributed by atoms with Gasteiger partial charge in [-0.15, -0.1) is 0 Å². The van der Waals surface area contributed by atoms with E-state index in [9.17, 15) is 4.79 Å². The number of likely N-dealkylation sites (N-methyl/N-ethyl adjacent to an activating group) is 1. The van der Waals surface area contributed by atoms with Gasteiger partial charge in [-0.25, -0.2) is 0 Å². The number of ether oxygens (including phenoxy) is 2. The Kier molecular flexibility index (Phi) is 5.60. The summed E-state index contributed by atoms with van der Waals surface area (Å²) in [6.07, 6.45) is 4.01. The average Bonchev–Trinajstić information content (AvgIpc) is 2.97. The van der Waals surface area contributed by atoms with Crippen LogP contribution in [0.5, 0.6) is 0 Å². The van der Waals surface area contributed by atoms with E-state index in [1.54, 1.807) is 0 Å². The topological polar surface area (TPSA) is 50.8 Å². The Labute approximate surface area is 115 Å². The molecule has 5 heteroatoms. The zero-order valence-corrected chi connectivity index (χ0v) is 12.1. The fourth-order valence-corrected chi connectivity index (χ4v) is 2.76. The molecule has 2 atom stereocenters. The molecule has 2 heterocycles. The van der Waals surface area contributed by atoms with E-state index in [2.05, 4.69) is 5.32 Å². The molecule has 0 aliphatic carbocycles. The summed E-state index contributed by atoms with van der Waals surface area (Å²) >= 11 is 0. The summed E-state index contributed by atoms with van der Waals surface area (Å²) in [7, 11) is 1.89. The van der Waals surface area contributed by atoms with E-state index in [1.165, 1.54) is 0 Å². The highest BCUT2D eigenvalue weighted by atomic mass is 16.5. The van der Waals surface area contributed by atoms with Gasteiger partial charge in [-0.1, -0.05) is 0 Å². The lowest BCUT2D eigenvalue weighted by molar-refractivity contribution is -0.145. The second-order valence-electron chi connectivity index (χ2n) is 5.54. The Morgan fingerprint density at radius 2 is 2.16 bits per heavy atom. The van der Waals surface area contributed by atoms with Crippen molar-refractivity contribution in [1.29, 1.82) is 0 Å². The maximum Gasteiger partial charge on any atom is 0.251 e. The monoisotopic (exact) mass is 270 g/mol. The van der Waals surface area contributed by atoms with Crippen molar-refractivity contribution in [3.8, 4) is 0 Å². The van der Waals surface area contributed by atoms with E-state index >= 15 is 0 Å². The lowest BCUT2D eigenvalue weighted by Crippen LogP contribution is -2.47. The normalized spacial score (nSPS) is 26.3.